The molecule has 2 saturated heterocycles. The van der Waals surface area contributed by atoms with E-state index in [9.17, 15) is 16.8 Å². The van der Waals surface area contributed by atoms with Gasteiger partial charge in [0.1, 0.15) is 11.5 Å². The molecule has 2 aromatic rings. The second-order valence-corrected chi connectivity index (χ2v) is 12.1. The molecule has 11 heteroatoms. The summed E-state index contributed by atoms with van der Waals surface area (Å²) in [6.45, 7) is 3.52. The standard InChI is InChI=1S/C22H30N2O7S2/c1-17-6-7-20(31-17)16-24(15-19-5-3-13-30-19)33(27,28)22-10-8-21(9-11-22)32(25,26)23-14-18-4-2-12-29-18/h6-11,18-19,23H,2-5,12-16H2,1H3/t18-,19+/m1/s1. The smallest absolute Gasteiger partial charge is 0.243 e. The fourth-order valence-corrected chi connectivity index (χ4v) is 6.54. The van der Waals surface area contributed by atoms with E-state index < -0.39 is 20.0 Å². The number of hydrogen-bond acceptors (Lipinski definition) is 7. The molecule has 0 radical (unpaired) electrons. The van der Waals surface area contributed by atoms with Gasteiger partial charge in [0.15, 0.2) is 0 Å². The molecular formula is C22H30N2O7S2. The molecule has 2 fully saturated rings. The number of sulfonamides is 2. The highest BCUT2D eigenvalue weighted by molar-refractivity contribution is 7.89. The summed E-state index contributed by atoms with van der Waals surface area (Å²) in [6.07, 6.45) is 3.10. The first kappa shape index (κ1) is 24.4. The molecule has 0 unspecified atom stereocenters. The summed E-state index contributed by atoms with van der Waals surface area (Å²) in [6, 6.07) is 8.81. The average Bonchev–Trinajstić information content (AvgIpc) is 3.56. The number of ether oxygens (including phenoxy) is 2. The summed E-state index contributed by atoms with van der Waals surface area (Å²) in [4.78, 5) is 0.0219. The van der Waals surface area contributed by atoms with Gasteiger partial charge in [0.05, 0.1) is 28.5 Å². The molecule has 3 heterocycles. The Kier molecular flexibility index (Phi) is 7.56. The van der Waals surface area contributed by atoms with E-state index in [1.165, 1.54) is 28.6 Å². The lowest BCUT2D eigenvalue weighted by atomic mass is 10.2. The third-order valence-electron chi connectivity index (χ3n) is 5.86. The van der Waals surface area contributed by atoms with E-state index in [-0.39, 0.29) is 41.6 Å². The summed E-state index contributed by atoms with van der Waals surface area (Å²) in [7, 11) is -7.68. The zero-order valence-corrected chi connectivity index (χ0v) is 20.2. The molecule has 33 heavy (non-hydrogen) atoms. The Bertz CT molecular complexity index is 1130. The molecule has 182 valence electrons. The van der Waals surface area contributed by atoms with E-state index in [0.717, 1.165) is 25.7 Å². The fourth-order valence-electron chi connectivity index (χ4n) is 4.04. The van der Waals surface area contributed by atoms with Crippen LogP contribution >= 0.6 is 0 Å². The first-order valence-corrected chi connectivity index (χ1v) is 14.0. The molecule has 9 nitrogen and oxygen atoms in total. The molecule has 2 aliphatic heterocycles. The van der Waals surface area contributed by atoms with Crippen LogP contribution < -0.4 is 4.72 Å². The van der Waals surface area contributed by atoms with Gasteiger partial charge < -0.3 is 13.9 Å². The molecule has 2 atom stereocenters. The monoisotopic (exact) mass is 498 g/mol. The average molecular weight is 499 g/mol. The van der Waals surface area contributed by atoms with Crippen molar-refractivity contribution >= 4 is 20.0 Å². The Labute approximate surface area is 195 Å². The summed E-state index contributed by atoms with van der Waals surface area (Å²) in [5, 5.41) is 0. The Balaban J connectivity index is 1.51. The van der Waals surface area contributed by atoms with Gasteiger partial charge in [0, 0.05) is 26.3 Å². The molecule has 1 N–H and O–H groups in total. The van der Waals surface area contributed by atoms with Crippen molar-refractivity contribution in [1.82, 2.24) is 9.03 Å². The van der Waals surface area contributed by atoms with Gasteiger partial charge in [0.2, 0.25) is 20.0 Å². The van der Waals surface area contributed by atoms with E-state index in [1.54, 1.807) is 19.1 Å². The van der Waals surface area contributed by atoms with Gasteiger partial charge in [-0.2, -0.15) is 4.31 Å². The third kappa shape index (κ3) is 6.03. The van der Waals surface area contributed by atoms with Gasteiger partial charge in [-0.3, -0.25) is 0 Å². The highest BCUT2D eigenvalue weighted by atomic mass is 32.2. The molecule has 0 bridgehead atoms. The van der Waals surface area contributed by atoms with Crippen LogP contribution in [0.3, 0.4) is 0 Å². The van der Waals surface area contributed by atoms with Crippen LogP contribution in [-0.2, 0) is 36.1 Å². The van der Waals surface area contributed by atoms with Crippen LogP contribution in [-0.4, -0.2) is 59.7 Å². The van der Waals surface area contributed by atoms with Gasteiger partial charge in [0.25, 0.3) is 0 Å². The maximum Gasteiger partial charge on any atom is 0.243 e. The molecule has 0 spiro atoms. The van der Waals surface area contributed by atoms with Gasteiger partial charge in [-0.25, -0.2) is 21.6 Å². The lowest BCUT2D eigenvalue weighted by Crippen LogP contribution is -2.37. The predicted octanol–water partition coefficient (Wildman–Crippen LogP) is 2.42. The maximum atomic E-state index is 13.4. The second kappa shape index (κ2) is 10.2. The molecule has 1 aromatic heterocycles. The SMILES string of the molecule is Cc1ccc(CN(C[C@@H]2CCCO2)S(=O)(=O)c2ccc(S(=O)(=O)NC[C@H]3CCCO3)cc2)o1. The van der Waals surface area contributed by atoms with Crippen LogP contribution in [0.1, 0.15) is 37.2 Å². The lowest BCUT2D eigenvalue weighted by molar-refractivity contribution is 0.0913. The van der Waals surface area contributed by atoms with Crippen LogP contribution in [0.4, 0.5) is 0 Å². The Hall–Kier alpha value is -1.76. The summed E-state index contributed by atoms with van der Waals surface area (Å²) in [5.74, 6) is 1.23. The van der Waals surface area contributed by atoms with Crippen LogP contribution in [0.25, 0.3) is 0 Å². The largest absolute Gasteiger partial charge is 0.465 e. The minimum Gasteiger partial charge on any atom is -0.465 e. The van der Waals surface area contributed by atoms with E-state index in [1.807, 2.05) is 0 Å². The number of nitrogens with zero attached hydrogens (tertiary/aromatic N) is 1. The van der Waals surface area contributed by atoms with E-state index in [2.05, 4.69) is 4.72 Å². The molecule has 2 aliphatic rings. The highest BCUT2D eigenvalue weighted by Gasteiger charge is 2.30. The minimum atomic E-state index is -3.91. The maximum absolute atomic E-state index is 13.4. The van der Waals surface area contributed by atoms with Crippen LogP contribution in [0.15, 0.2) is 50.6 Å². The van der Waals surface area contributed by atoms with Crippen LogP contribution in [0.2, 0.25) is 0 Å². The second-order valence-electron chi connectivity index (χ2n) is 8.40. The predicted molar refractivity (Wildman–Crippen MR) is 121 cm³/mol. The normalized spacial score (nSPS) is 21.8. The zero-order valence-electron chi connectivity index (χ0n) is 18.6. The first-order chi connectivity index (χ1) is 15.7. The number of benzene rings is 1. The topological polar surface area (TPSA) is 115 Å². The lowest BCUT2D eigenvalue weighted by Gasteiger charge is -2.24. The van der Waals surface area contributed by atoms with Crippen molar-refractivity contribution in [2.24, 2.45) is 0 Å². The van der Waals surface area contributed by atoms with Gasteiger partial charge in [-0.15, -0.1) is 0 Å². The molecule has 0 amide bonds. The van der Waals surface area contributed by atoms with Crippen LogP contribution in [0.5, 0.6) is 0 Å². The van der Waals surface area contributed by atoms with Crippen molar-refractivity contribution < 1.29 is 30.7 Å². The first-order valence-electron chi connectivity index (χ1n) is 11.1. The zero-order chi connectivity index (χ0) is 23.5. The van der Waals surface area contributed by atoms with Crippen molar-refractivity contribution in [2.45, 2.75) is 61.2 Å². The summed E-state index contributed by atoms with van der Waals surface area (Å²) < 4.78 is 72.7. The third-order valence-corrected chi connectivity index (χ3v) is 9.12. The number of furan rings is 1. The van der Waals surface area contributed by atoms with E-state index in [0.29, 0.717) is 24.7 Å². The molecule has 0 aliphatic carbocycles. The minimum absolute atomic E-state index is 0.00628. The van der Waals surface area contributed by atoms with Crippen molar-refractivity contribution in [3.8, 4) is 0 Å². The summed E-state index contributed by atoms with van der Waals surface area (Å²) >= 11 is 0. The Morgan fingerprint density at radius 2 is 1.55 bits per heavy atom. The van der Waals surface area contributed by atoms with Gasteiger partial charge in [-0.1, -0.05) is 0 Å². The molecule has 0 saturated carbocycles. The molecule has 4 rings (SSSR count). The summed E-state index contributed by atoms with van der Waals surface area (Å²) in [5.41, 5.74) is 0. The van der Waals surface area contributed by atoms with Crippen molar-refractivity contribution in [2.75, 3.05) is 26.3 Å². The van der Waals surface area contributed by atoms with Crippen molar-refractivity contribution in [1.29, 1.82) is 0 Å². The van der Waals surface area contributed by atoms with E-state index >= 15 is 0 Å². The molecular weight excluding hydrogens is 468 g/mol. The number of nitrogens with one attached hydrogen (secondary N) is 1. The highest BCUT2D eigenvalue weighted by Crippen LogP contribution is 2.24. The Morgan fingerprint density at radius 3 is 2.12 bits per heavy atom. The molecule has 1 aromatic carbocycles. The number of aryl methyl sites for hydroxylation is 1. The van der Waals surface area contributed by atoms with Crippen LogP contribution in [0, 0.1) is 6.92 Å². The quantitative estimate of drug-likeness (QED) is 0.535. The Morgan fingerprint density at radius 1 is 0.909 bits per heavy atom. The van der Waals surface area contributed by atoms with Gasteiger partial charge in [-0.05, 0) is 69.0 Å². The number of rotatable bonds is 10. The van der Waals surface area contributed by atoms with Crippen molar-refractivity contribution in [3.63, 3.8) is 0 Å². The van der Waals surface area contributed by atoms with Gasteiger partial charge >= 0.3 is 0 Å². The van der Waals surface area contributed by atoms with E-state index in [4.69, 9.17) is 13.9 Å². The fraction of sp³-hybridized carbons (Fsp3) is 0.545. The number of hydrogen-bond donors (Lipinski definition) is 1. The van der Waals surface area contributed by atoms with Crippen molar-refractivity contribution in [3.05, 3.63) is 47.9 Å².